The van der Waals surface area contributed by atoms with Crippen LogP contribution < -0.4 is 10.6 Å². The molecule has 0 unspecified atom stereocenters. The highest BCUT2D eigenvalue weighted by molar-refractivity contribution is 5.87. The predicted octanol–water partition coefficient (Wildman–Crippen LogP) is 6.02. The lowest BCUT2D eigenvalue weighted by atomic mass is 10.0. The average molecular weight is 574 g/mol. The lowest BCUT2D eigenvalue weighted by Gasteiger charge is -2.29. The zero-order valence-corrected chi connectivity index (χ0v) is 24.6. The van der Waals surface area contributed by atoms with Gasteiger partial charge in [0.25, 0.3) is 0 Å². The summed E-state index contributed by atoms with van der Waals surface area (Å²) in [5.74, 6) is 7.18. The minimum atomic E-state index is -0.667. The van der Waals surface area contributed by atoms with Crippen LogP contribution in [0.25, 0.3) is 16.7 Å². The Kier molecular flexibility index (Phi) is 7.89. The van der Waals surface area contributed by atoms with Crippen molar-refractivity contribution in [3.63, 3.8) is 0 Å². The number of imidazole rings is 1. The number of alkyl carbamates (subject to hydrolysis) is 1. The van der Waals surface area contributed by atoms with Crippen molar-refractivity contribution in [2.45, 2.75) is 45.2 Å². The van der Waals surface area contributed by atoms with Crippen molar-refractivity contribution in [2.75, 3.05) is 19.0 Å². The van der Waals surface area contributed by atoms with Crippen LogP contribution in [-0.4, -0.2) is 46.6 Å². The van der Waals surface area contributed by atoms with Gasteiger partial charge in [0.05, 0.1) is 24.2 Å². The molecular weight excluding hydrogens is 538 g/mol. The van der Waals surface area contributed by atoms with E-state index in [-0.39, 0.29) is 17.9 Å². The zero-order valence-electron chi connectivity index (χ0n) is 24.6. The molecule has 0 spiro atoms. The quantitative estimate of drug-likeness (QED) is 0.245. The van der Waals surface area contributed by atoms with Crippen LogP contribution in [0.5, 0.6) is 0 Å². The summed E-state index contributed by atoms with van der Waals surface area (Å²) in [4.78, 5) is 35.5. The summed E-state index contributed by atoms with van der Waals surface area (Å²) >= 11 is 0. The van der Waals surface area contributed by atoms with Gasteiger partial charge in [0, 0.05) is 34.6 Å². The van der Waals surface area contributed by atoms with E-state index >= 15 is 0 Å². The average Bonchev–Trinajstić information content (AvgIpc) is 3.77. The number of carbonyl (C=O) groups excluding carboxylic acids is 2. The maximum Gasteiger partial charge on any atom is 0.407 e. The second-order valence-corrected chi connectivity index (χ2v) is 11.3. The van der Waals surface area contributed by atoms with Gasteiger partial charge >= 0.3 is 6.09 Å². The number of nitrogens with one attached hydrogen (secondary N) is 3. The Morgan fingerprint density at radius 3 is 2.58 bits per heavy atom. The second kappa shape index (κ2) is 12.1. The molecule has 2 aliphatic rings. The summed E-state index contributed by atoms with van der Waals surface area (Å²) in [6, 6.07) is 21.6. The van der Waals surface area contributed by atoms with Crippen molar-refractivity contribution in [1.29, 1.82) is 0 Å². The van der Waals surface area contributed by atoms with E-state index in [4.69, 9.17) is 9.72 Å². The van der Waals surface area contributed by atoms with E-state index < -0.39 is 12.1 Å². The number of H-pyrrole nitrogens is 1. The second-order valence-electron chi connectivity index (χ2n) is 11.3. The fourth-order valence-corrected chi connectivity index (χ4v) is 5.80. The van der Waals surface area contributed by atoms with Crippen LogP contribution in [0, 0.1) is 17.8 Å². The number of rotatable bonds is 6. The molecule has 0 saturated carbocycles. The van der Waals surface area contributed by atoms with Gasteiger partial charge in [-0.3, -0.25) is 4.79 Å². The van der Waals surface area contributed by atoms with Gasteiger partial charge in [-0.15, -0.1) is 0 Å². The van der Waals surface area contributed by atoms with Gasteiger partial charge in [0.1, 0.15) is 11.9 Å². The summed E-state index contributed by atoms with van der Waals surface area (Å²) in [6.45, 7) is 4.43. The highest BCUT2D eigenvalue weighted by atomic mass is 16.5. The van der Waals surface area contributed by atoms with Crippen molar-refractivity contribution in [1.82, 2.24) is 20.2 Å². The lowest BCUT2D eigenvalue weighted by Crippen LogP contribution is -2.51. The molecule has 3 N–H and O–H groups in total. The first-order valence-corrected chi connectivity index (χ1v) is 14.7. The molecule has 4 aromatic rings. The van der Waals surface area contributed by atoms with Gasteiger partial charge in [-0.25, -0.2) is 9.78 Å². The smallest absolute Gasteiger partial charge is 0.407 e. The minimum Gasteiger partial charge on any atom is -0.453 e. The number of aromatic amines is 1. The molecule has 1 fully saturated rings. The van der Waals surface area contributed by atoms with Crippen molar-refractivity contribution < 1.29 is 14.3 Å². The topological polar surface area (TPSA) is 99.3 Å². The van der Waals surface area contributed by atoms with Crippen LogP contribution in [0.3, 0.4) is 0 Å². The Morgan fingerprint density at radius 2 is 1.81 bits per heavy atom. The minimum absolute atomic E-state index is 0.0851. The van der Waals surface area contributed by atoms with E-state index in [1.807, 2.05) is 55.1 Å². The van der Waals surface area contributed by atoms with E-state index in [1.165, 1.54) is 18.2 Å². The molecule has 8 heteroatoms. The molecule has 6 rings (SSSR count). The molecule has 1 saturated heterocycles. The van der Waals surface area contributed by atoms with Crippen molar-refractivity contribution in [3.8, 4) is 11.8 Å². The third kappa shape index (κ3) is 5.98. The normalized spacial score (nSPS) is 16.3. The van der Waals surface area contributed by atoms with Crippen molar-refractivity contribution >= 4 is 34.4 Å². The van der Waals surface area contributed by atoms with Crippen LogP contribution in [0.2, 0.25) is 0 Å². The Hall–Kier alpha value is -5.03. The van der Waals surface area contributed by atoms with Crippen molar-refractivity contribution in [2.24, 2.45) is 5.92 Å². The van der Waals surface area contributed by atoms with E-state index in [1.54, 1.807) is 0 Å². The third-order valence-corrected chi connectivity index (χ3v) is 8.07. The number of amides is 2. The number of fused-ring (bicyclic) bond motifs is 2. The first-order valence-electron chi connectivity index (χ1n) is 14.7. The fraction of sp³-hybridized carbons (Fsp3) is 0.286. The number of allylic oxidation sites excluding steroid dienone is 1. The van der Waals surface area contributed by atoms with Gasteiger partial charge in [0.15, 0.2) is 0 Å². The number of nitrogens with zero attached hydrogens (tertiary/aromatic N) is 2. The predicted molar refractivity (Wildman–Crippen MR) is 168 cm³/mol. The number of anilines is 1. The number of hydrogen-bond acceptors (Lipinski definition) is 5. The number of aromatic nitrogens is 2. The van der Waals surface area contributed by atoms with Crippen LogP contribution >= 0.6 is 0 Å². The van der Waals surface area contributed by atoms with Gasteiger partial charge < -0.3 is 25.3 Å². The molecular formula is C35H35N5O3. The third-order valence-electron chi connectivity index (χ3n) is 8.07. The molecule has 43 heavy (non-hydrogen) atoms. The Balaban J connectivity index is 1.20. The number of carbonyl (C=O) groups is 2. The molecule has 218 valence electrons. The van der Waals surface area contributed by atoms with Crippen LogP contribution in [-0.2, 0) is 16.0 Å². The SMILES string of the molecule is COC(=O)N[C@H](C(=O)N1CCC[C@H]1c1nc2ccc(C#Cc3ccc4c(c3)C(Nc3ccccc3)=CC4)cc2[nH]1)C(C)C. The number of likely N-dealkylation sites (tertiary alicyclic amines) is 1. The standard InChI is InChI=1S/C35H35N5O3/c1-22(2)32(39-35(42)43-3)34(41)40-19-7-10-31(40)33-37-29-17-14-24(21-30(29)38-33)12-11-23-13-15-25-16-18-28(27(25)20-23)36-26-8-5-4-6-9-26/h4-6,8-9,13-15,17-18,20-22,31-32,36H,7,10,16,19H2,1-3H3,(H,37,38)(H,39,42)/t31-,32-/m0/s1. The highest BCUT2D eigenvalue weighted by Gasteiger charge is 2.37. The summed E-state index contributed by atoms with van der Waals surface area (Å²) in [5, 5.41) is 6.23. The number of hydrogen-bond donors (Lipinski definition) is 3. The van der Waals surface area contributed by atoms with Crippen LogP contribution in [0.15, 0.2) is 72.8 Å². The van der Waals surface area contributed by atoms with Gasteiger partial charge in [-0.05, 0) is 73.2 Å². The molecule has 8 nitrogen and oxygen atoms in total. The lowest BCUT2D eigenvalue weighted by molar-refractivity contribution is -0.135. The van der Waals surface area contributed by atoms with Gasteiger partial charge in [0.2, 0.25) is 5.91 Å². The van der Waals surface area contributed by atoms with Gasteiger partial charge in [-0.1, -0.05) is 56.0 Å². The van der Waals surface area contributed by atoms with E-state index in [2.05, 4.69) is 63.9 Å². The molecule has 1 aliphatic heterocycles. The molecule has 3 aromatic carbocycles. The fourth-order valence-electron chi connectivity index (χ4n) is 5.80. The number of methoxy groups -OCH3 is 1. The maximum absolute atomic E-state index is 13.5. The highest BCUT2D eigenvalue weighted by Crippen LogP contribution is 2.33. The van der Waals surface area contributed by atoms with Crippen LogP contribution in [0.1, 0.15) is 60.8 Å². The number of ether oxygens (including phenoxy) is 1. The largest absolute Gasteiger partial charge is 0.453 e. The van der Waals surface area contributed by atoms with Crippen molar-refractivity contribution in [3.05, 3.63) is 101 Å². The monoisotopic (exact) mass is 573 g/mol. The maximum atomic E-state index is 13.5. The molecule has 2 amide bonds. The zero-order chi connectivity index (χ0) is 29.9. The van der Waals surface area contributed by atoms with E-state index in [9.17, 15) is 9.59 Å². The molecule has 2 heterocycles. The molecule has 1 aliphatic carbocycles. The summed E-state index contributed by atoms with van der Waals surface area (Å²) in [6.07, 6.45) is 4.18. The Labute approximate surface area is 251 Å². The summed E-state index contributed by atoms with van der Waals surface area (Å²) < 4.78 is 4.74. The molecule has 0 radical (unpaired) electrons. The Morgan fingerprint density at radius 1 is 1.05 bits per heavy atom. The first-order chi connectivity index (χ1) is 20.9. The molecule has 0 bridgehead atoms. The summed E-state index contributed by atoms with van der Waals surface area (Å²) in [7, 11) is 1.30. The van der Waals surface area contributed by atoms with E-state index in [0.29, 0.717) is 6.54 Å². The molecule has 1 aromatic heterocycles. The first kappa shape index (κ1) is 28.1. The van der Waals surface area contributed by atoms with Crippen LogP contribution in [0.4, 0.5) is 10.5 Å². The summed E-state index contributed by atoms with van der Waals surface area (Å²) in [5.41, 5.74) is 8.17. The van der Waals surface area contributed by atoms with Gasteiger partial charge in [-0.2, -0.15) is 0 Å². The molecule has 2 atom stereocenters. The number of para-hydroxylation sites is 1. The number of benzene rings is 3. The van der Waals surface area contributed by atoms with E-state index in [0.717, 1.165) is 58.6 Å². The Bertz CT molecular complexity index is 1760.